The van der Waals surface area contributed by atoms with Crippen LogP contribution in [0.3, 0.4) is 0 Å². The van der Waals surface area contributed by atoms with Crippen molar-refractivity contribution < 1.29 is 5.11 Å². The van der Waals surface area contributed by atoms with Crippen LogP contribution in [0.1, 0.15) is 36.8 Å². The van der Waals surface area contributed by atoms with Crippen molar-refractivity contribution in [3.63, 3.8) is 0 Å². The van der Waals surface area contributed by atoms with Crippen molar-refractivity contribution in [3.8, 4) is 5.75 Å². The lowest BCUT2D eigenvalue weighted by atomic mass is 9.75. The van der Waals surface area contributed by atoms with E-state index in [1.54, 1.807) is 0 Å². The van der Waals surface area contributed by atoms with Crippen LogP contribution in [-0.2, 0) is 0 Å². The summed E-state index contributed by atoms with van der Waals surface area (Å²) in [6, 6.07) is 6.33. The number of phenolic OH excluding ortho intramolecular Hbond substituents is 1. The maximum absolute atomic E-state index is 9.91. The zero-order valence-electron chi connectivity index (χ0n) is 10.3. The second kappa shape index (κ2) is 4.17. The molecule has 2 heteroatoms. The molecule has 0 amide bonds. The number of hydrogen-bond acceptors (Lipinski definition) is 2. The van der Waals surface area contributed by atoms with Crippen LogP contribution in [0.15, 0.2) is 23.2 Å². The van der Waals surface area contributed by atoms with Gasteiger partial charge in [0.25, 0.3) is 0 Å². The number of fused-ring (bicyclic) bond motifs is 1. The molecule has 1 aromatic carbocycles. The van der Waals surface area contributed by atoms with Gasteiger partial charge in [0.2, 0.25) is 0 Å². The van der Waals surface area contributed by atoms with Gasteiger partial charge in [0.15, 0.2) is 0 Å². The van der Waals surface area contributed by atoms with E-state index in [1.807, 2.05) is 31.3 Å². The molecule has 0 aliphatic heterocycles. The molecule has 2 saturated carbocycles. The van der Waals surface area contributed by atoms with Crippen LogP contribution in [-0.4, -0.2) is 17.4 Å². The van der Waals surface area contributed by atoms with E-state index < -0.39 is 0 Å². The number of benzene rings is 1. The molecule has 1 aromatic rings. The molecule has 2 nitrogen and oxygen atoms in total. The molecule has 2 fully saturated rings. The average molecular weight is 229 g/mol. The summed E-state index contributed by atoms with van der Waals surface area (Å²) in [6.45, 7) is 1.92. The van der Waals surface area contributed by atoms with Crippen LogP contribution in [0.2, 0.25) is 0 Å². The van der Waals surface area contributed by atoms with Gasteiger partial charge in [-0.25, -0.2) is 0 Å². The first-order chi connectivity index (χ1) is 8.25. The number of rotatable bonds is 2. The average Bonchev–Trinajstić information content (AvgIpc) is 2.55. The van der Waals surface area contributed by atoms with Crippen LogP contribution in [0.4, 0.5) is 0 Å². The Bertz CT molecular complexity index is 452. The first-order valence-corrected chi connectivity index (χ1v) is 6.57. The summed E-state index contributed by atoms with van der Waals surface area (Å²) in [5.74, 6) is 2.15. The van der Waals surface area contributed by atoms with Crippen molar-refractivity contribution in [2.45, 2.75) is 38.6 Å². The third-order valence-electron chi connectivity index (χ3n) is 4.48. The largest absolute Gasteiger partial charge is 0.507 e. The highest BCUT2D eigenvalue weighted by atomic mass is 16.3. The molecule has 90 valence electrons. The van der Waals surface area contributed by atoms with Crippen molar-refractivity contribution in [1.29, 1.82) is 0 Å². The summed E-state index contributed by atoms with van der Waals surface area (Å²) in [6.07, 6.45) is 7.22. The van der Waals surface area contributed by atoms with Crippen LogP contribution in [0.25, 0.3) is 0 Å². The van der Waals surface area contributed by atoms with Crippen LogP contribution in [0, 0.1) is 18.8 Å². The lowest BCUT2D eigenvalue weighted by Gasteiger charge is -2.32. The molecule has 3 atom stereocenters. The number of aromatic hydroxyl groups is 1. The fourth-order valence-electron chi connectivity index (χ4n) is 3.21. The van der Waals surface area contributed by atoms with E-state index in [1.165, 1.54) is 25.7 Å². The van der Waals surface area contributed by atoms with Crippen molar-refractivity contribution in [2.75, 3.05) is 0 Å². The normalized spacial score (nSPS) is 31.5. The number of aryl methyl sites for hydroxylation is 1. The summed E-state index contributed by atoms with van der Waals surface area (Å²) in [5.41, 5.74) is 1.77. The van der Waals surface area contributed by atoms with Gasteiger partial charge in [-0.1, -0.05) is 12.1 Å². The Hall–Kier alpha value is -1.31. The molecule has 3 rings (SSSR count). The predicted octanol–water partition coefficient (Wildman–Crippen LogP) is 3.31. The molecule has 17 heavy (non-hydrogen) atoms. The molecular formula is C15H19NO. The van der Waals surface area contributed by atoms with Gasteiger partial charge in [0.05, 0.1) is 6.04 Å². The Morgan fingerprint density at radius 3 is 2.76 bits per heavy atom. The molecule has 1 N–H and O–H groups in total. The van der Waals surface area contributed by atoms with Crippen molar-refractivity contribution >= 4 is 6.21 Å². The highest BCUT2D eigenvalue weighted by Crippen LogP contribution is 2.48. The van der Waals surface area contributed by atoms with Crippen molar-refractivity contribution in [1.82, 2.24) is 0 Å². The van der Waals surface area contributed by atoms with Gasteiger partial charge in [-0.05, 0) is 56.1 Å². The van der Waals surface area contributed by atoms with E-state index in [4.69, 9.17) is 4.99 Å². The Morgan fingerprint density at radius 2 is 2.06 bits per heavy atom. The molecule has 2 aliphatic rings. The number of phenols is 1. The maximum Gasteiger partial charge on any atom is 0.127 e. The van der Waals surface area contributed by atoms with E-state index in [9.17, 15) is 5.11 Å². The molecule has 0 bridgehead atoms. The molecule has 0 radical (unpaired) electrons. The number of hydrogen-bond donors (Lipinski definition) is 1. The second-order valence-corrected chi connectivity index (χ2v) is 5.44. The maximum atomic E-state index is 9.91. The van der Waals surface area contributed by atoms with Gasteiger partial charge in [-0.3, -0.25) is 4.99 Å². The van der Waals surface area contributed by atoms with E-state index in [0.717, 1.165) is 23.0 Å². The summed E-state index contributed by atoms with van der Waals surface area (Å²) in [4.78, 5) is 4.69. The van der Waals surface area contributed by atoms with E-state index >= 15 is 0 Å². The fourth-order valence-corrected chi connectivity index (χ4v) is 3.21. The standard InChI is InChI=1S/C15H19NO/c1-10-3-2-4-12(15(10)17)9-16-14-8-6-11-5-7-13(11)14/h2-4,9,11,13-14,17H,5-8H2,1H3. The van der Waals surface area contributed by atoms with Crippen molar-refractivity contribution in [2.24, 2.45) is 16.8 Å². The third-order valence-corrected chi connectivity index (χ3v) is 4.48. The molecular weight excluding hydrogens is 210 g/mol. The molecule has 0 aromatic heterocycles. The monoisotopic (exact) mass is 229 g/mol. The minimum atomic E-state index is 0.374. The summed E-state index contributed by atoms with van der Waals surface area (Å²) >= 11 is 0. The zero-order chi connectivity index (χ0) is 11.8. The van der Waals surface area contributed by atoms with E-state index in [2.05, 4.69) is 0 Å². The predicted molar refractivity (Wildman–Crippen MR) is 69.7 cm³/mol. The number of para-hydroxylation sites is 1. The Labute approximate surface area is 102 Å². The number of nitrogens with zero attached hydrogens (tertiary/aromatic N) is 1. The lowest BCUT2D eigenvalue weighted by molar-refractivity contribution is 0.203. The van der Waals surface area contributed by atoms with Crippen LogP contribution < -0.4 is 0 Å². The summed E-state index contributed by atoms with van der Waals surface area (Å²) < 4.78 is 0. The minimum absolute atomic E-state index is 0.374. The molecule has 2 aliphatic carbocycles. The van der Waals surface area contributed by atoms with Gasteiger partial charge in [-0.2, -0.15) is 0 Å². The second-order valence-electron chi connectivity index (χ2n) is 5.44. The lowest BCUT2D eigenvalue weighted by Crippen LogP contribution is -2.27. The smallest absolute Gasteiger partial charge is 0.127 e. The van der Waals surface area contributed by atoms with E-state index in [-0.39, 0.29) is 0 Å². The Morgan fingerprint density at radius 1 is 1.24 bits per heavy atom. The molecule has 3 unspecified atom stereocenters. The summed E-state index contributed by atoms with van der Waals surface area (Å²) in [7, 11) is 0. The highest BCUT2D eigenvalue weighted by molar-refractivity contribution is 5.84. The quantitative estimate of drug-likeness (QED) is 0.775. The van der Waals surface area contributed by atoms with Crippen molar-refractivity contribution in [3.05, 3.63) is 29.3 Å². The summed E-state index contributed by atoms with van der Waals surface area (Å²) in [5, 5.41) is 9.91. The zero-order valence-corrected chi connectivity index (χ0v) is 10.3. The molecule has 0 heterocycles. The number of aliphatic imine (C=N–C) groups is 1. The molecule has 0 spiro atoms. The topological polar surface area (TPSA) is 32.6 Å². The van der Waals surface area contributed by atoms with E-state index in [0.29, 0.717) is 11.8 Å². The first-order valence-electron chi connectivity index (χ1n) is 6.57. The van der Waals surface area contributed by atoms with Gasteiger partial charge >= 0.3 is 0 Å². The minimum Gasteiger partial charge on any atom is -0.507 e. The van der Waals surface area contributed by atoms with Gasteiger partial charge in [-0.15, -0.1) is 0 Å². The molecule has 0 saturated heterocycles. The first kappa shape index (κ1) is 10.8. The van der Waals surface area contributed by atoms with Crippen LogP contribution in [0.5, 0.6) is 5.75 Å². The van der Waals surface area contributed by atoms with Crippen LogP contribution >= 0.6 is 0 Å². The Balaban J connectivity index is 1.76. The van der Waals surface area contributed by atoms with Gasteiger partial charge < -0.3 is 5.11 Å². The SMILES string of the molecule is Cc1cccc(C=NC2CCC3CCC32)c1O. The van der Waals surface area contributed by atoms with Gasteiger partial charge in [0, 0.05) is 11.8 Å². The Kier molecular flexibility index (Phi) is 2.65. The third kappa shape index (κ3) is 1.86. The van der Waals surface area contributed by atoms with Gasteiger partial charge in [0.1, 0.15) is 5.75 Å². The fraction of sp³-hybridized carbons (Fsp3) is 0.533. The highest BCUT2D eigenvalue weighted by Gasteiger charge is 2.41.